The average Bonchev–Trinajstić information content (AvgIpc) is 2.78. The van der Waals surface area contributed by atoms with Crippen molar-refractivity contribution < 1.29 is 8.42 Å². The minimum atomic E-state index is -1.18. The van der Waals surface area contributed by atoms with Crippen molar-refractivity contribution >= 4 is 33.6 Å². The number of hydrogen-bond acceptors (Lipinski definition) is 2. The van der Waals surface area contributed by atoms with Crippen LogP contribution in [0.2, 0.25) is 5.02 Å². The fourth-order valence-corrected chi connectivity index (χ4v) is 15.2. The molecule has 8 aliphatic rings. The minimum Gasteiger partial charge on any atom is -0.241 e. The molecule has 0 amide bonds. The third kappa shape index (κ3) is 3.82. The van der Waals surface area contributed by atoms with Gasteiger partial charge in [-0.15, -0.1) is 3.71 Å². The maximum Gasteiger partial charge on any atom is 0.113 e. The zero-order chi connectivity index (χ0) is 23.1. The van der Waals surface area contributed by atoms with Crippen molar-refractivity contribution in [1.29, 1.82) is 0 Å². The Bertz CT molecular complexity index is 882. The molecule has 1 aromatic rings. The van der Waals surface area contributed by atoms with Gasteiger partial charge >= 0.3 is 0 Å². The monoisotopic (exact) mass is 519 g/mol. The van der Waals surface area contributed by atoms with E-state index >= 15 is 0 Å². The summed E-state index contributed by atoms with van der Waals surface area (Å²) < 4.78 is 31.1. The minimum absolute atomic E-state index is 0.118. The first kappa shape index (κ1) is 22.9. The Morgan fingerprint density at radius 2 is 1.03 bits per heavy atom. The van der Waals surface area contributed by atoms with Gasteiger partial charge in [0.05, 0.1) is 9.49 Å². The van der Waals surface area contributed by atoms with E-state index in [1.165, 1.54) is 44.1 Å². The van der Waals surface area contributed by atoms with Gasteiger partial charge in [0.25, 0.3) is 0 Å². The van der Waals surface area contributed by atoms with Crippen molar-refractivity contribution in [3.63, 3.8) is 0 Å². The molecule has 2 atom stereocenters. The van der Waals surface area contributed by atoms with Gasteiger partial charge in [0.2, 0.25) is 0 Å². The van der Waals surface area contributed by atoms with Gasteiger partial charge in [-0.1, -0.05) is 23.7 Å². The smallest absolute Gasteiger partial charge is 0.113 e. The van der Waals surface area contributed by atoms with Crippen LogP contribution >= 0.6 is 11.6 Å². The lowest BCUT2D eigenvalue weighted by molar-refractivity contribution is 0.0326. The Balaban J connectivity index is 1.20. The average molecular weight is 520 g/mol. The molecule has 3 nitrogen and oxygen atoms in total. The largest absolute Gasteiger partial charge is 0.241 e. The first-order valence-corrected chi connectivity index (χ1v) is 16.3. The Morgan fingerprint density at radius 3 is 1.38 bits per heavy atom. The van der Waals surface area contributed by atoms with Crippen LogP contribution < -0.4 is 0 Å². The number of nitrogens with zero attached hydrogens (tertiary/aromatic N) is 1. The summed E-state index contributed by atoms with van der Waals surface area (Å²) >= 11 is 6.12. The predicted octanol–water partition coefficient (Wildman–Crippen LogP) is 6.45. The Morgan fingerprint density at radius 1 is 0.676 bits per heavy atom. The molecule has 186 valence electrons. The van der Waals surface area contributed by atoms with Crippen molar-refractivity contribution in [2.24, 2.45) is 35.5 Å². The van der Waals surface area contributed by atoms with Crippen molar-refractivity contribution in [2.45, 2.75) is 93.0 Å². The molecular weight excluding hydrogens is 482 g/mol. The van der Waals surface area contributed by atoms with Gasteiger partial charge in [-0.05, 0) is 137 Å². The molecule has 0 spiro atoms. The Hall–Kier alpha value is -0.230. The van der Waals surface area contributed by atoms with Gasteiger partial charge < -0.3 is 0 Å². The lowest BCUT2D eigenvalue weighted by Crippen LogP contribution is -2.60. The lowest BCUT2D eigenvalue weighted by atomic mass is 9.56. The fraction of sp³-hybridized carbons (Fsp3) is 0.786. The van der Waals surface area contributed by atoms with Crippen LogP contribution in [0.1, 0.15) is 82.6 Å². The molecule has 34 heavy (non-hydrogen) atoms. The first-order valence-electron chi connectivity index (χ1n) is 13.8. The highest BCUT2D eigenvalue weighted by Gasteiger charge is 2.59. The van der Waals surface area contributed by atoms with Gasteiger partial charge in [-0.2, -0.15) is 0 Å². The topological polar surface area (TPSA) is 37.4 Å². The summed E-state index contributed by atoms with van der Waals surface area (Å²) in [6.45, 7) is 0.629. The Labute approximate surface area is 215 Å². The van der Waals surface area contributed by atoms with Crippen molar-refractivity contribution in [2.75, 3.05) is 6.54 Å². The third-order valence-corrected chi connectivity index (χ3v) is 15.2. The fourth-order valence-electron chi connectivity index (χ4n) is 10.0. The molecule has 0 N–H and O–H groups in total. The van der Waals surface area contributed by atoms with Crippen LogP contribution in [0.3, 0.4) is 0 Å². The number of rotatable bonds is 7. The molecule has 0 heterocycles. The van der Waals surface area contributed by atoms with Crippen molar-refractivity contribution in [1.82, 2.24) is 3.71 Å². The van der Waals surface area contributed by atoms with Gasteiger partial charge in [-0.3, -0.25) is 0 Å². The molecule has 8 aliphatic carbocycles. The van der Waals surface area contributed by atoms with E-state index in [2.05, 4.69) is 15.8 Å². The van der Waals surface area contributed by atoms with Crippen LogP contribution in [-0.2, 0) is 28.4 Å². The van der Waals surface area contributed by atoms with Crippen LogP contribution in [0.5, 0.6) is 0 Å². The molecule has 8 fully saturated rings. The molecule has 8 bridgehead atoms. The quantitative estimate of drug-likeness (QED) is 0.415. The third-order valence-electron chi connectivity index (χ3n) is 10.6. The summed E-state index contributed by atoms with van der Waals surface area (Å²) in [6.07, 6.45) is 15.5. The molecule has 0 radical (unpaired) electrons. The van der Waals surface area contributed by atoms with E-state index in [1.807, 2.05) is 12.1 Å². The zero-order valence-electron chi connectivity index (χ0n) is 20.1. The van der Waals surface area contributed by atoms with Crippen molar-refractivity contribution in [3.8, 4) is 0 Å². The first-order chi connectivity index (χ1) is 16.4. The van der Waals surface area contributed by atoms with Crippen LogP contribution in [-0.4, -0.2) is 28.2 Å². The van der Waals surface area contributed by atoms with E-state index in [9.17, 15) is 8.42 Å². The number of hydrogen-bond donors (Lipinski definition) is 0. The zero-order valence-corrected chi connectivity index (χ0v) is 22.5. The summed E-state index contributed by atoms with van der Waals surface area (Å²) in [5.74, 6) is 4.51. The molecule has 0 aliphatic heterocycles. The molecule has 0 saturated heterocycles. The molecule has 0 aromatic heterocycles. The second kappa shape index (κ2) is 8.39. The summed E-state index contributed by atoms with van der Waals surface area (Å²) in [4.78, 5) is 0. The molecule has 6 heteroatoms. The summed E-state index contributed by atoms with van der Waals surface area (Å²) in [6, 6.07) is 8.02. The van der Waals surface area contributed by atoms with E-state index < -0.39 is 22.0 Å². The summed E-state index contributed by atoms with van der Waals surface area (Å²) in [5, 5.41) is 0.745. The molecule has 9 rings (SSSR count). The van der Waals surface area contributed by atoms with E-state index in [4.69, 9.17) is 11.6 Å². The number of benzene rings is 1. The highest BCUT2D eigenvalue weighted by Crippen LogP contribution is 2.61. The second-order valence-corrected chi connectivity index (χ2v) is 17.4. The standard InChI is InChI=1S/C28H38ClNO2S2/c29-26-3-1-19(2-4-26)5-6-30(33(31)27-13-20-7-21(14-27)9-22(8-20)15-27)34(32)28-16-23-10-24(17-28)12-25(11-23)18-28/h1-4,20-25H,5-18H2/t20?,21?,22?,23?,24?,25?,27?,28?,33-,34+. The SMILES string of the molecule is O=[S@](N(CCc1ccc(Cl)cc1)[S@](=O)C12CC3CC(CC(C3)C1)C2)C12CC3CC(CC(C3)C1)C2. The van der Waals surface area contributed by atoms with Gasteiger partial charge in [-0.25, -0.2) is 8.42 Å². The predicted molar refractivity (Wildman–Crippen MR) is 140 cm³/mol. The number of halogens is 1. The highest BCUT2D eigenvalue weighted by molar-refractivity contribution is 7.99. The van der Waals surface area contributed by atoms with Crippen LogP contribution in [0.4, 0.5) is 0 Å². The molecule has 8 saturated carbocycles. The maximum absolute atomic E-state index is 14.6. The van der Waals surface area contributed by atoms with E-state index in [-0.39, 0.29) is 9.49 Å². The maximum atomic E-state index is 14.6. The normalized spacial score (nSPS) is 45.7. The molecular formula is C28H38ClNO2S2. The Kier molecular flexibility index (Phi) is 5.66. The van der Waals surface area contributed by atoms with Crippen molar-refractivity contribution in [3.05, 3.63) is 34.9 Å². The van der Waals surface area contributed by atoms with Crippen LogP contribution in [0.25, 0.3) is 0 Å². The van der Waals surface area contributed by atoms with Gasteiger partial charge in [0.1, 0.15) is 22.0 Å². The van der Waals surface area contributed by atoms with Crippen LogP contribution in [0, 0.1) is 35.5 Å². The van der Waals surface area contributed by atoms with E-state index in [0.717, 1.165) is 85.5 Å². The lowest BCUT2D eigenvalue weighted by Gasteiger charge is -2.58. The molecule has 0 unspecified atom stereocenters. The highest BCUT2D eigenvalue weighted by atomic mass is 35.5. The van der Waals surface area contributed by atoms with Gasteiger partial charge in [0, 0.05) is 11.6 Å². The second-order valence-electron chi connectivity index (χ2n) is 13.1. The van der Waals surface area contributed by atoms with Crippen LogP contribution in [0.15, 0.2) is 24.3 Å². The van der Waals surface area contributed by atoms with E-state index in [0.29, 0.717) is 6.54 Å². The summed E-state index contributed by atoms with van der Waals surface area (Å²) in [7, 11) is -2.35. The van der Waals surface area contributed by atoms with Gasteiger partial charge in [0.15, 0.2) is 0 Å². The van der Waals surface area contributed by atoms with E-state index in [1.54, 1.807) is 0 Å². The molecule has 1 aromatic carbocycles. The summed E-state index contributed by atoms with van der Waals surface area (Å²) in [5.41, 5.74) is 1.19.